The van der Waals surface area contributed by atoms with Crippen LogP contribution in [-0.2, 0) is 20.1 Å². The van der Waals surface area contributed by atoms with Crippen LogP contribution in [0.25, 0.3) is 34.2 Å². The summed E-state index contributed by atoms with van der Waals surface area (Å²) < 4.78 is 10.1. The van der Waals surface area contributed by atoms with E-state index in [1.807, 2.05) is 30.9 Å². The number of fused-ring (bicyclic) bond motifs is 4. The smallest absolute Gasteiger partial charge is 0.219 e. The summed E-state index contributed by atoms with van der Waals surface area (Å²) in [5, 5.41) is 27.9. The normalized spacial score (nSPS) is 18.7. The van der Waals surface area contributed by atoms with E-state index in [1.54, 1.807) is 11.6 Å². The quantitative estimate of drug-likeness (QED) is 0.476. The van der Waals surface area contributed by atoms with Crippen molar-refractivity contribution in [1.82, 2.24) is 34.7 Å². The van der Waals surface area contributed by atoms with Crippen molar-refractivity contribution in [3.8, 4) is 17.0 Å². The highest BCUT2D eigenvalue weighted by Gasteiger charge is 2.20. The Labute approximate surface area is 198 Å². The van der Waals surface area contributed by atoms with E-state index >= 15 is 0 Å². The van der Waals surface area contributed by atoms with Crippen LogP contribution < -0.4 is 4.74 Å². The van der Waals surface area contributed by atoms with Crippen molar-refractivity contribution < 1.29 is 9.84 Å². The number of aromatic nitrogens is 6. The van der Waals surface area contributed by atoms with Gasteiger partial charge in [-0.25, -0.2) is 4.68 Å². The van der Waals surface area contributed by atoms with Crippen molar-refractivity contribution in [2.24, 2.45) is 7.05 Å². The van der Waals surface area contributed by atoms with Gasteiger partial charge in [-0.15, -0.1) is 0 Å². The number of ether oxygens (including phenoxy) is 1. The molecule has 4 heterocycles. The fraction of sp³-hybridized carbons (Fsp3) is 0.400. The zero-order valence-corrected chi connectivity index (χ0v) is 20.3. The fourth-order valence-corrected chi connectivity index (χ4v) is 4.63. The Hall–Kier alpha value is -3.43. The molecule has 34 heavy (non-hydrogen) atoms. The summed E-state index contributed by atoms with van der Waals surface area (Å²) in [5.74, 6) is 0.744. The van der Waals surface area contributed by atoms with Crippen molar-refractivity contribution in [2.75, 3.05) is 13.6 Å². The summed E-state index contributed by atoms with van der Waals surface area (Å²) in [6.07, 6.45) is 5.47. The van der Waals surface area contributed by atoms with E-state index in [4.69, 9.17) is 9.84 Å². The molecule has 4 aromatic rings. The predicted molar refractivity (Wildman–Crippen MR) is 132 cm³/mol. The number of aryl methyl sites for hydroxylation is 1. The molecule has 5 rings (SSSR count). The molecule has 2 atom stereocenters. The van der Waals surface area contributed by atoms with Gasteiger partial charge >= 0.3 is 0 Å². The van der Waals surface area contributed by atoms with Gasteiger partial charge in [0, 0.05) is 36.8 Å². The lowest BCUT2D eigenvalue weighted by Gasteiger charge is -2.22. The molecule has 178 valence electrons. The van der Waals surface area contributed by atoms with Gasteiger partial charge in [-0.1, -0.05) is 6.07 Å². The summed E-state index contributed by atoms with van der Waals surface area (Å²) in [6.45, 7) is 7.73. The number of aromatic amines is 1. The van der Waals surface area contributed by atoms with E-state index in [0.29, 0.717) is 13.1 Å². The number of hydrogen-bond donors (Lipinski definition) is 2. The number of aliphatic hydroxyl groups is 1. The van der Waals surface area contributed by atoms with E-state index in [2.05, 4.69) is 58.5 Å². The zero-order valence-electron chi connectivity index (χ0n) is 20.3. The first-order valence-corrected chi connectivity index (χ1v) is 11.6. The summed E-state index contributed by atoms with van der Waals surface area (Å²) in [5.41, 5.74) is 6.86. The van der Waals surface area contributed by atoms with Gasteiger partial charge in [-0.05, 0) is 57.7 Å². The molecule has 9 nitrogen and oxygen atoms in total. The van der Waals surface area contributed by atoms with Crippen LogP contribution in [-0.4, -0.2) is 65.6 Å². The number of H-pyrrole nitrogens is 1. The average molecular weight is 462 g/mol. The molecule has 0 saturated carbocycles. The first-order chi connectivity index (χ1) is 16.3. The molecule has 1 aromatic carbocycles. The topological polar surface area (TPSA) is 97.0 Å². The Bertz CT molecular complexity index is 1360. The van der Waals surface area contributed by atoms with Gasteiger partial charge in [0.05, 0.1) is 41.3 Å². The minimum Gasteiger partial charge on any atom is -0.473 e. The second kappa shape index (κ2) is 8.73. The van der Waals surface area contributed by atoms with Gasteiger partial charge in [0.2, 0.25) is 5.88 Å². The average Bonchev–Trinajstić information content (AvgIpc) is 3.42. The van der Waals surface area contributed by atoms with Gasteiger partial charge < -0.3 is 9.84 Å². The molecule has 2 bridgehead atoms. The molecule has 0 aliphatic carbocycles. The second-order valence-corrected chi connectivity index (χ2v) is 9.29. The molecule has 0 spiro atoms. The molecule has 1 aliphatic heterocycles. The van der Waals surface area contributed by atoms with Crippen molar-refractivity contribution in [3.05, 3.63) is 47.0 Å². The van der Waals surface area contributed by atoms with Crippen molar-refractivity contribution in [1.29, 1.82) is 0 Å². The SMILES string of the molecule is Cc1c2c(nn1C[C@H](C)O)CN(C)C[C@H](C)Oc1c(cnn1C)-c1ccc3n[nH]c(c3c1)/C=C\2. The van der Waals surface area contributed by atoms with Crippen molar-refractivity contribution in [3.63, 3.8) is 0 Å². The minimum absolute atomic E-state index is 0.0582. The van der Waals surface area contributed by atoms with Crippen LogP contribution in [0.3, 0.4) is 0 Å². The Balaban J connectivity index is 1.66. The number of likely N-dealkylation sites (N-methyl/N-ethyl adjacent to an activating group) is 1. The monoisotopic (exact) mass is 461 g/mol. The standard InChI is InChI=1S/C25H31N7O2/c1-15(33)12-32-17(3)19-7-9-23-20-10-18(6-8-22(20)27-28-23)21-11-26-31(5)25(21)34-16(2)13-30(4)14-24(19)29-32/h6-11,15-16,33H,12-14H2,1-5H3,(H,27,28)/b9-7-/t15-,16-/m0/s1. The maximum absolute atomic E-state index is 9.95. The number of nitrogens with one attached hydrogen (secondary N) is 1. The first kappa shape index (κ1) is 22.4. The maximum Gasteiger partial charge on any atom is 0.219 e. The van der Waals surface area contributed by atoms with E-state index in [-0.39, 0.29) is 6.10 Å². The van der Waals surface area contributed by atoms with Crippen LogP contribution in [0.4, 0.5) is 0 Å². The number of aliphatic hydroxyl groups excluding tert-OH is 1. The predicted octanol–water partition coefficient (Wildman–Crippen LogP) is 3.23. The van der Waals surface area contributed by atoms with E-state index < -0.39 is 6.10 Å². The molecular weight excluding hydrogens is 430 g/mol. The third-order valence-electron chi connectivity index (χ3n) is 6.26. The number of rotatable bonds is 2. The molecule has 3 aromatic heterocycles. The van der Waals surface area contributed by atoms with Crippen LogP contribution >= 0.6 is 0 Å². The lowest BCUT2D eigenvalue weighted by molar-refractivity contribution is 0.147. The van der Waals surface area contributed by atoms with E-state index in [0.717, 1.165) is 57.1 Å². The highest BCUT2D eigenvalue weighted by Crippen LogP contribution is 2.33. The number of nitrogens with zero attached hydrogens (tertiary/aromatic N) is 6. The van der Waals surface area contributed by atoms with Crippen molar-refractivity contribution >= 4 is 23.1 Å². The zero-order chi connectivity index (χ0) is 24.0. The third-order valence-corrected chi connectivity index (χ3v) is 6.26. The Morgan fingerprint density at radius 2 is 2.09 bits per heavy atom. The van der Waals surface area contributed by atoms with Crippen LogP contribution in [0.5, 0.6) is 5.88 Å². The number of hydrogen-bond acceptors (Lipinski definition) is 6. The maximum atomic E-state index is 9.95. The number of benzene rings is 1. The molecule has 0 unspecified atom stereocenters. The van der Waals surface area contributed by atoms with E-state index in [1.165, 1.54) is 0 Å². The molecule has 0 amide bonds. The summed E-state index contributed by atoms with van der Waals surface area (Å²) in [4.78, 5) is 2.21. The van der Waals surface area contributed by atoms with Gasteiger partial charge in [-0.2, -0.15) is 15.3 Å². The lowest BCUT2D eigenvalue weighted by atomic mass is 10.0. The molecule has 9 heteroatoms. The Kier molecular flexibility index (Phi) is 5.75. The largest absolute Gasteiger partial charge is 0.473 e. The van der Waals surface area contributed by atoms with Gasteiger partial charge in [0.25, 0.3) is 0 Å². The van der Waals surface area contributed by atoms with Crippen LogP contribution in [0.15, 0.2) is 24.4 Å². The summed E-state index contributed by atoms with van der Waals surface area (Å²) in [7, 11) is 3.97. The van der Waals surface area contributed by atoms with Gasteiger partial charge in [-0.3, -0.25) is 14.7 Å². The third kappa shape index (κ3) is 4.12. The van der Waals surface area contributed by atoms with Crippen LogP contribution in [0, 0.1) is 6.92 Å². The fourth-order valence-electron chi connectivity index (χ4n) is 4.63. The van der Waals surface area contributed by atoms with Gasteiger partial charge in [0.15, 0.2) is 0 Å². The van der Waals surface area contributed by atoms with Crippen LogP contribution in [0.1, 0.15) is 36.5 Å². The highest BCUT2D eigenvalue weighted by molar-refractivity contribution is 5.93. The van der Waals surface area contributed by atoms with Gasteiger partial charge in [0.1, 0.15) is 6.10 Å². The van der Waals surface area contributed by atoms with Crippen LogP contribution in [0.2, 0.25) is 0 Å². The lowest BCUT2D eigenvalue weighted by Crippen LogP contribution is -2.31. The summed E-state index contributed by atoms with van der Waals surface area (Å²) in [6, 6.07) is 6.20. The minimum atomic E-state index is -0.477. The second-order valence-electron chi connectivity index (χ2n) is 9.29. The highest BCUT2D eigenvalue weighted by atomic mass is 16.5. The van der Waals surface area contributed by atoms with E-state index in [9.17, 15) is 5.11 Å². The first-order valence-electron chi connectivity index (χ1n) is 11.6. The molecular formula is C25H31N7O2. The molecule has 0 fully saturated rings. The molecule has 2 N–H and O–H groups in total. The molecule has 0 radical (unpaired) electrons. The summed E-state index contributed by atoms with van der Waals surface area (Å²) >= 11 is 0. The van der Waals surface area contributed by atoms with Crippen molar-refractivity contribution in [2.45, 2.75) is 46.1 Å². The molecule has 1 aliphatic rings. The Morgan fingerprint density at radius 3 is 2.88 bits per heavy atom. The molecule has 0 saturated heterocycles. The Morgan fingerprint density at radius 1 is 1.26 bits per heavy atom.